The van der Waals surface area contributed by atoms with Gasteiger partial charge in [0.05, 0.1) is 22.5 Å². The van der Waals surface area contributed by atoms with E-state index in [0.717, 1.165) is 6.07 Å². The van der Waals surface area contributed by atoms with Crippen molar-refractivity contribution in [3.05, 3.63) is 44.0 Å². The maximum Gasteiger partial charge on any atom is 0.280 e. The standard InChI is InChI=1S/C12H17N3O5/c1-8(2)11(7-16)13-6-9-3-4-10(14(17)18)5-12(9)15(19)20/h3-5,8,11,13,16H,6-7H2,1-2H3. The molecule has 0 aliphatic rings. The summed E-state index contributed by atoms with van der Waals surface area (Å²) >= 11 is 0. The number of hydrogen-bond acceptors (Lipinski definition) is 6. The molecule has 110 valence electrons. The van der Waals surface area contributed by atoms with Crippen LogP contribution in [0, 0.1) is 26.1 Å². The molecule has 20 heavy (non-hydrogen) atoms. The van der Waals surface area contributed by atoms with Crippen molar-refractivity contribution in [2.45, 2.75) is 26.4 Å². The lowest BCUT2D eigenvalue weighted by Crippen LogP contribution is -2.36. The van der Waals surface area contributed by atoms with E-state index < -0.39 is 9.85 Å². The molecule has 1 unspecified atom stereocenters. The van der Waals surface area contributed by atoms with Crippen LogP contribution in [-0.2, 0) is 6.54 Å². The van der Waals surface area contributed by atoms with Crippen molar-refractivity contribution in [1.82, 2.24) is 5.32 Å². The quantitative estimate of drug-likeness (QED) is 0.579. The summed E-state index contributed by atoms with van der Waals surface area (Å²) in [6, 6.07) is 3.34. The average molecular weight is 283 g/mol. The van der Waals surface area contributed by atoms with E-state index in [9.17, 15) is 25.3 Å². The third-order valence-corrected chi connectivity index (χ3v) is 3.03. The van der Waals surface area contributed by atoms with Crippen LogP contribution in [0.15, 0.2) is 18.2 Å². The molecule has 8 nitrogen and oxygen atoms in total. The van der Waals surface area contributed by atoms with E-state index in [2.05, 4.69) is 5.32 Å². The first-order valence-corrected chi connectivity index (χ1v) is 6.12. The van der Waals surface area contributed by atoms with Crippen LogP contribution in [0.1, 0.15) is 19.4 Å². The number of nitrogens with zero attached hydrogens (tertiary/aromatic N) is 2. The number of nitrogens with one attached hydrogen (secondary N) is 1. The monoisotopic (exact) mass is 283 g/mol. The Bertz CT molecular complexity index is 504. The zero-order chi connectivity index (χ0) is 15.3. The summed E-state index contributed by atoms with van der Waals surface area (Å²) in [7, 11) is 0. The number of aliphatic hydroxyl groups excluding tert-OH is 1. The Labute approximate surface area is 115 Å². The Kier molecular flexibility index (Phi) is 5.53. The van der Waals surface area contributed by atoms with E-state index in [1.165, 1.54) is 12.1 Å². The Balaban J connectivity index is 2.94. The SMILES string of the molecule is CC(C)C(CO)NCc1ccc([N+](=O)[O-])cc1[N+](=O)[O-]. The van der Waals surface area contributed by atoms with Gasteiger partial charge in [-0.25, -0.2) is 0 Å². The number of aliphatic hydroxyl groups is 1. The summed E-state index contributed by atoms with van der Waals surface area (Å²) in [6.07, 6.45) is 0. The average Bonchev–Trinajstić information content (AvgIpc) is 2.38. The van der Waals surface area contributed by atoms with Gasteiger partial charge in [-0.15, -0.1) is 0 Å². The van der Waals surface area contributed by atoms with Gasteiger partial charge >= 0.3 is 0 Å². The third-order valence-electron chi connectivity index (χ3n) is 3.03. The molecule has 0 aliphatic heterocycles. The van der Waals surface area contributed by atoms with Gasteiger partial charge in [0.1, 0.15) is 0 Å². The van der Waals surface area contributed by atoms with Gasteiger partial charge in [-0.3, -0.25) is 20.2 Å². The summed E-state index contributed by atoms with van der Waals surface area (Å²) in [4.78, 5) is 20.3. The molecule has 0 heterocycles. The van der Waals surface area contributed by atoms with Crippen molar-refractivity contribution in [1.29, 1.82) is 0 Å². The number of nitro benzene ring substituents is 2. The van der Waals surface area contributed by atoms with Crippen LogP contribution in [0.25, 0.3) is 0 Å². The lowest BCUT2D eigenvalue weighted by atomic mass is 10.0. The largest absolute Gasteiger partial charge is 0.395 e. The third kappa shape index (κ3) is 3.97. The molecule has 1 rings (SSSR count). The van der Waals surface area contributed by atoms with E-state index in [1.54, 1.807) is 0 Å². The molecule has 1 aromatic carbocycles. The second-order valence-electron chi connectivity index (χ2n) is 4.74. The highest BCUT2D eigenvalue weighted by Crippen LogP contribution is 2.24. The van der Waals surface area contributed by atoms with Crippen molar-refractivity contribution < 1.29 is 15.0 Å². The molecule has 0 fully saturated rings. The van der Waals surface area contributed by atoms with Crippen LogP contribution < -0.4 is 5.32 Å². The van der Waals surface area contributed by atoms with Gasteiger partial charge in [-0.1, -0.05) is 13.8 Å². The molecule has 1 aromatic rings. The number of non-ortho nitro benzene ring substituents is 1. The maximum atomic E-state index is 11.0. The predicted molar refractivity (Wildman–Crippen MR) is 72.3 cm³/mol. The fraction of sp³-hybridized carbons (Fsp3) is 0.500. The minimum absolute atomic E-state index is 0.0849. The molecule has 8 heteroatoms. The maximum absolute atomic E-state index is 11.0. The molecule has 1 atom stereocenters. The van der Waals surface area contributed by atoms with Crippen LogP contribution in [0.5, 0.6) is 0 Å². The van der Waals surface area contributed by atoms with Crippen LogP contribution in [0.3, 0.4) is 0 Å². The van der Waals surface area contributed by atoms with Gasteiger partial charge < -0.3 is 10.4 Å². The molecule has 0 aromatic heterocycles. The van der Waals surface area contributed by atoms with Gasteiger partial charge in [0.2, 0.25) is 0 Å². The Morgan fingerprint density at radius 1 is 1.25 bits per heavy atom. The summed E-state index contributed by atoms with van der Waals surface area (Å²) < 4.78 is 0. The first-order chi connectivity index (χ1) is 9.36. The highest BCUT2D eigenvalue weighted by molar-refractivity contribution is 5.49. The fourth-order valence-corrected chi connectivity index (χ4v) is 1.74. The summed E-state index contributed by atoms with van der Waals surface area (Å²) in [6.45, 7) is 3.91. The summed E-state index contributed by atoms with van der Waals surface area (Å²) in [5.41, 5.74) is -0.269. The van der Waals surface area contributed by atoms with Crippen LogP contribution in [-0.4, -0.2) is 27.6 Å². The topological polar surface area (TPSA) is 119 Å². The van der Waals surface area contributed by atoms with Gasteiger partial charge in [0.25, 0.3) is 11.4 Å². The molecular weight excluding hydrogens is 266 g/mol. The molecule has 0 amide bonds. The van der Waals surface area contributed by atoms with Gasteiger partial charge in [0, 0.05) is 24.2 Å². The Hall–Kier alpha value is -2.06. The molecule has 0 spiro atoms. The molecule has 0 saturated carbocycles. The smallest absolute Gasteiger partial charge is 0.280 e. The summed E-state index contributed by atoms with van der Waals surface area (Å²) in [5.74, 6) is 0.164. The minimum atomic E-state index is -0.672. The number of benzene rings is 1. The molecular formula is C12H17N3O5. The predicted octanol–water partition coefficient (Wildman–Crippen LogP) is 1.61. The van der Waals surface area contributed by atoms with Crippen molar-refractivity contribution in [3.8, 4) is 0 Å². The normalized spacial score (nSPS) is 12.4. The van der Waals surface area contributed by atoms with Crippen LogP contribution >= 0.6 is 0 Å². The Morgan fingerprint density at radius 3 is 2.35 bits per heavy atom. The highest BCUT2D eigenvalue weighted by Gasteiger charge is 2.20. The second-order valence-corrected chi connectivity index (χ2v) is 4.74. The van der Waals surface area contributed by atoms with Crippen molar-refractivity contribution in [2.75, 3.05) is 6.61 Å². The van der Waals surface area contributed by atoms with Crippen LogP contribution in [0.2, 0.25) is 0 Å². The first-order valence-electron chi connectivity index (χ1n) is 6.12. The molecule has 0 radical (unpaired) electrons. The van der Waals surface area contributed by atoms with Gasteiger partial charge in [-0.05, 0) is 12.0 Å². The van der Waals surface area contributed by atoms with Crippen LogP contribution in [0.4, 0.5) is 11.4 Å². The molecule has 0 bridgehead atoms. The van der Waals surface area contributed by atoms with E-state index in [0.29, 0.717) is 5.56 Å². The number of hydrogen-bond donors (Lipinski definition) is 2. The summed E-state index contributed by atoms with van der Waals surface area (Å²) in [5, 5.41) is 33.8. The molecule has 0 saturated heterocycles. The van der Waals surface area contributed by atoms with E-state index in [-0.39, 0.29) is 36.5 Å². The zero-order valence-electron chi connectivity index (χ0n) is 11.3. The van der Waals surface area contributed by atoms with Crippen molar-refractivity contribution >= 4 is 11.4 Å². The minimum Gasteiger partial charge on any atom is -0.395 e. The molecule has 2 N–H and O–H groups in total. The lowest BCUT2D eigenvalue weighted by molar-refractivity contribution is -0.394. The van der Waals surface area contributed by atoms with Gasteiger partial charge in [-0.2, -0.15) is 0 Å². The Morgan fingerprint density at radius 2 is 1.90 bits per heavy atom. The lowest BCUT2D eigenvalue weighted by Gasteiger charge is -2.19. The van der Waals surface area contributed by atoms with Gasteiger partial charge in [0.15, 0.2) is 0 Å². The zero-order valence-corrected chi connectivity index (χ0v) is 11.3. The molecule has 0 aliphatic carbocycles. The second kappa shape index (κ2) is 6.92. The number of rotatable bonds is 7. The fourth-order valence-electron chi connectivity index (χ4n) is 1.74. The first kappa shape index (κ1) is 16.0. The van der Waals surface area contributed by atoms with E-state index >= 15 is 0 Å². The van der Waals surface area contributed by atoms with E-state index in [4.69, 9.17) is 0 Å². The van der Waals surface area contributed by atoms with E-state index in [1.807, 2.05) is 13.8 Å². The highest BCUT2D eigenvalue weighted by atomic mass is 16.6. The number of nitro groups is 2. The van der Waals surface area contributed by atoms with Crippen molar-refractivity contribution in [2.24, 2.45) is 5.92 Å². The van der Waals surface area contributed by atoms with Crippen molar-refractivity contribution in [3.63, 3.8) is 0 Å².